The van der Waals surface area contributed by atoms with Gasteiger partial charge in [-0.3, -0.25) is 4.79 Å². The number of likely N-dealkylation sites (tertiary alicyclic amines) is 1. The molecular formula is C15H23N3O2. The van der Waals surface area contributed by atoms with E-state index in [0.29, 0.717) is 18.7 Å². The van der Waals surface area contributed by atoms with Gasteiger partial charge in [0.2, 0.25) is 5.91 Å². The van der Waals surface area contributed by atoms with Crippen molar-refractivity contribution in [3.8, 4) is 0 Å². The van der Waals surface area contributed by atoms with Gasteiger partial charge in [0.05, 0.1) is 12.4 Å². The number of carbonyl (C=O) groups is 1. The van der Waals surface area contributed by atoms with Gasteiger partial charge in [-0.15, -0.1) is 0 Å². The van der Waals surface area contributed by atoms with Crippen LogP contribution in [0, 0.1) is 5.41 Å². The normalized spacial score (nSPS) is 33.2. The lowest BCUT2D eigenvalue weighted by Gasteiger charge is -2.42. The fourth-order valence-corrected chi connectivity index (χ4v) is 3.91. The largest absolute Gasteiger partial charge is 0.381 e. The summed E-state index contributed by atoms with van der Waals surface area (Å²) in [6.45, 7) is 3.60. The van der Waals surface area contributed by atoms with Gasteiger partial charge in [0.25, 0.3) is 0 Å². The number of nitrogens with zero attached hydrogens (tertiary/aromatic N) is 3. The first-order valence-corrected chi connectivity index (χ1v) is 7.40. The van der Waals surface area contributed by atoms with Crippen LogP contribution in [0.2, 0.25) is 0 Å². The average molecular weight is 277 g/mol. The molecule has 0 radical (unpaired) electrons. The topological polar surface area (TPSA) is 47.4 Å². The molecule has 3 atom stereocenters. The number of rotatable bonds is 3. The van der Waals surface area contributed by atoms with Gasteiger partial charge < -0.3 is 14.2 Å². The Morgan fingerprint density at radius 3 is 3.05 bits per heavy atom. The van der Waals surface area contributed by atoms with E-state index in [9.17, 15) is 4.79 Å². The van der Waals surface area contributed by atoms with Gasteiger partial charge >= 0.3 is 0 Å². The average Bonchev–Trinajstić information content (AvgIpc) is 3.04. The SMILES string of the molecule is CO[C@@H]1CC[C@H]2N(C(=O)Cn3ccnc3)CC[C@@]2(C)C1. The van der Waals surface area contributed by atoms with E-state index in [1.807, 2.05) is 10.8 Å². The highest BCUT2D eigenvalue weighted by molar-refractivity contribution is 5.76. The highest BCUT2D eigenvalue weighted by atomic mass is 16.5. The van der Waals surface area contributed by atoms with Crippen LogP contribution in [-0.4, -0.2) is 46.2 Å². The zero-order chi connectivity index (χ0) is 14.2. The van der Waals surface area contributed by atoms with Crippen molar-refractivity contribution in [2.45, 2.75) is 51.3 Å². The number of hydrogen-bond donors (Lipinski definition) is 0. The Morgan fingerprint density at radius 1 is 1.50 bits per heavy atom. The van der Waals surface area contributed by atoms with Gasteiger partial charge in [0.1, 0.15) is 6.54 Å². The van der Waals surface area contributed by atoms with E-state index in [0.717, 1.165) is 32.2 Å². The summed E-state index contributed by atoms with van der Waals surface area (Å²) in [5.41, 5.74) is 0.226. The molecule has 0 bridgehead atoms. The fourth-order valence-electron chi connectivity index (χ4n) is 3.91. The van der Waals surface area contributed by atoms with Crippen LogP contribution < -0.4 is 0 Å². The maximum atomic E-state index is 12.5. The lowest BCUT2D eigenvalue weighted by molar-refractivity contribution is -0.135. The standard InChI is InChI=1S/C15H23N3O2/c1-15-5-7-18(13(15)4-3-12(9-15)20-2)14(19)10-17-8-6-16-11-17/h6,8,11-13H,3-5,7,9-10H2,1-2H3/t12-,13-,15+/m1/s1. The Hall–Kier alpha value is -1.36. The van der Waals surface area contributed by atoms with E-state index in [1.54, 1.807) is 19.6 Å². The molecule has 2 aliphatic rings. The van der Waals surface area contributed by atoms with Crippen molar-refractivity contribution in [3.63, 3.8) is 0 Å². The Morgan fingerprint density at radius 2 is 2.35 bits per heavy atom. The second kappa shape index (κ2) is 5.20. The van der Waals surface area contributed by atoms with E-state index in [2.05, 4.69) is 16.8 Å². The lowest BCUT2D eigenvalue weighted by atomic mass is 9.71. The summed E-state index contributed by atoms with van der Waals surface area (Å²) in [4.78, 5) is 18.6. The van der Waals surface area contributed by atoms with Crippen molar-refractivity contribution in [2.24, 2.45) is 5.41 Å². The van der Waals surface area contributed by atoms with E-state index in [1.165, 1.54) is 0 Å². The van der Waals surface area contributed by atoms with Crippen molar-refractivity contribution in [3.05, 3.63) is 18.7 Å². The van der Waals surface area contributed by atoms with Crippen molar-refractivity contribution in [1.82, 2.24) is 14.5 Å². The van der Waals surface area contributed by atoms with E-state index in [-0.39, 0.29) is 11.3 Å². The third kappa shape index (κ3) is 2.35. The van der Waals surface area contributed by atoms with Crippen molar-refractivity contribution in [2.75, 3.05) is 13.7 Å². The number of carbonyl (C=O) groups excluding carboxylic acids is 1. The monoisotopic (exact) mass is 277 g/mol. The van der Waals surface area contributed by atoms with E-state index < -0.39 is 0 Å². The first-order chi connectivity index (χ1) is 9.62. The molecule has 1 aromatic rings. The van der Waals surface area contributed by atoms with Crippen molar-refractivity contribution < 1.29 is 9.53 Å². The van der Waals surface area contributed by atoms with Gasteiger partial charge in [-0.25, -0.2) is 4.98 Å². The summed E-state index contributed by atoms with van der Waals surface area (Å²) in [6, 6.07) is 0.380. The number of imidazole rings is 1. The first-order valence-electron chi connectivity index (χ1n) is 7.40. The van der Waals surface area contributed by atoms with E-state index in [4.69, 9.17) is 4.74 Å². The molecule has 1 aliphatic heterocycles. The van der Waals surface area contributed by atoms with Crippen LogP contribution in [0.15, 0.2) is 18.7 Å². The Bertz CT molecular complexity index is 473. The van der Waals surface area contributed by atoms with Crippen LogP contribution in [0.25, 0.3) is 0 Å². The minimum Gasteiger partial charge on any atom is -0.381 e. The quantitative estimate of drug-likeness (QED) is 0.844. The number of amides is 1. The number of fused-ring (bicyclic) bond motifs is 1. The Kier molecular flexibility index (Phi) is 3.54. The summed E-state index contributed by atoms with van der Waals surface area (Å²) in [7, 11) is 1.80. The second-order valence-corrected chi connectivity index (χ2v) is 6.38. The molecule has 0 N–H and O–H groups in total. The molecule has 0 unspecified atom stereocenters. The molecule has 20 heavy (non-hydrogen) atoms. The number of aromatic nitrogens is 2. The van der Waals surface area contributed by atoms with Crippen LogP contribution in [0.5, 0.6) is 0 Å². The van der Waals surface area contributed by atoms with Gasteiger partial charge in [0, 0.05) is 32.1 Å². The molecule has 1 saturated heterocycles. The number of ether oxygens (including phenoxy) is 1. The minimum atomic E-state index is 0.215. The predicted molar refractivity (Wildman–Crippen MR) is 75.1 cm³/mol. The zero-order valence-electron chi connectivity index (χ0n) is 12.3. The van der Waals surface area contributed by atoms with Gasteiger partial charge in [-0.05, 0) is 31.1 Å². The summed E-state index contributed by atoms with van der Waals surface area (Å²) in [6.07, 6.45) is 9.90. The number of hydrogen-bond acceptors (Lipinski definition) is 3. The molecule has 5 nitrogen and oxygen atoms in total. The third-order valence-electron chi connectivity index (χ3n) is 5.09. The van der Waals surface area contributed by atoms with Gasteiger partial charge in [0.15, 0.2) is 0 Å². The van der Waals surface area contributed by atoms with Crippen LogP contribution in [0.3, 0.4) is 0 Å². The van der Waals surface area contributed by atoms with Crippen LogP contribution >= 0.6 is 0 Å². The second-order valence-electron chi connectivity index (χ2n) is 6.38. The summed E-state index contributed by atoms with van der Waals surface area (Å²) >= 11 is 0. The number of methoxy groups -OCH3 is 1. The Balaban J connectivity index is 1.69. The molecule has 2 heterocycles. The summed E-state index contributed by atoms with van der Waals surface area (Å²) in [5, 5.41) is 0. The smallest absolute Gasteiger partial charge is 0.242 e. The lowest BCUT2D eigenvalue weighted by Crippen LogP contribution is -2.47. The molecule has 1 aliphatic carbocycles. The molecule has 0 spiro atoms. The predicted octanol–water partition coefficient (Wildman–Crippen LogP) is 1.69. The van der Waals surface area contributed by atoms with Crippen molar-refractivity contribution >= 4 is 5.91 Å². The molecule has 3 rings (SSSR count). The van der Waals surface area contributed by atoms with Crippen molar-refractivity contribution in [1.29, 1.82) is 0 Å². The molecule has 5 heteroatoms. The highest BCUT2D eigenvalue weighted by Crippen LogP contribution is 2.47. The van der Waals surface area contributed by atoms with Crippen LogP contribution in [0.4, 0.5) is 0 Å². The third-order valence-corrected chi connectivity index (χ3v) is 5.09. The van der Waals surface area contributed by atoms with Crippen LogP contribution in [0.1, 0.15) is 32.6 Å². The molecule has 110 valence electrons. The molecule has 1 saturated carbocycles. The first kappa shape index (κ1) is 13.6. The van der Waals surface area contributed by atoms with Gasteiger partial charge in [-0.2, -0.15) is 0 Å². The molecular weight excluding hydrogens is 254 g/mol. The van der Waals surface area contributed by atoms with Crippen LogP contribution in [-0.2, 0) is 16.1 Å². The minimum absolute atomic E-state index is 0.215. The molecule has 0 aromatic carbocycles. The summed E-state index contributed by atoms with van der Waals surface area (Å²) in [5.74, 6) is 0.215. The summed E-state index contributed by atoms with van der Waals surface area (Å²) < 4.78 is 7.38. The molecule has 1 amide bonds. The maximum absolute atomic E-state index is 12.5. The van der Waals surface area contributed by atoms with Gasteiger partial charge in [-0.1, -0.05) is 6.92 Å². The zero-order valence-corrected chi connectivity index (χ0v) is 12.3. The molecule has 2 fully saturated rings. The Labute approximate surface area is 119 Å². The fraction of sp³-hybridized carbons (Fsp3) is 0.733. The molecule has 1 aromatic heterocycles. The maximum Gasteiger partial charge on any atom is 0.242 e. The van der Waals surface area contributed by atoms with E-state index >= 15 is 0 Å². The highest BCUT2D eigenvalue weighted by Gasteiger charge is 2.49.